The monoisotopic (exact) mass is 281 g/mol. The highest BCUT2D eigenvalue weighted by Crippen LogP contribution is 2.28. The van der Waals surface area contributed by atoms with Gasteiger partial charge in [-0.15, -0.1) is 0 Å². The maximum absolute atomic E-state index is 12.4. The molecule has 0 radical (unpaired) electrons. The standard InChI is InChI=1S/C13H10F3N3O/c14-13(15,16)8-1-6-11(18-7-8)12(20)19-10-4-2-9(17)3-5-10/h1-7H,17H2,(H,19,20). The number of hydrogen-bond acceptors (Lipinski definition) is 3. The third-order valence-corrected chi connectivity index (χ3v) is 2.49. The Bertz CT molecular complexity index is 606. The van der Waals surface area contributed by atoms with Crippen molar-refractivity contribution in [2.75, 3.05) is 11.1 Å². The minimum atomic E-state index is -4.47. The molecule has 0 fully saturated rings. The largest absolute Gasteiger partial charge is 0.417 e. The van der Waals surface area contributed by atoms with Gasteiger partial charge in [-0.2, -0.15) is 13.2 Å². The van der Waals surface area contributed by atoms with Gasteiger partial charge in [0.15, 0.2) is 0 Å². The molecule has 1 aromatic carbocycles. The molecule has 0 unspecified atom stereocenters. The van der Waals surface area contributed by atoms with Gasteiger partial charge in [-0.1, -0.05) is 0 Å². The molecular weight excluding hydrogens is 271 g/mol. The number of benzene rings is 1. The Morgan fingerprint density at radius 1 is 1.10 bits per heavy atom. The van der Waals surface area contributed by atoms with E-state index in [1.54, 1.807) is 24.3 Å². The molecule has 2 rings (SSSR count). The summed E-state index contributed by atoms with van der Waals surface area (Å²) in [6.45, 7) is 0. The van der Waals surface area contributed by atoms with E-state index in [1.165, 1.54) is 0 Å². The Hall–Kier alpha value is -2.57. The van der Waals surface area contributed by atoms with Crippen molar-refractivity contribution in [3.8, 4) is 0 Å². The summed E-state index contributed by atoms with van der Waals surface area (Å²) in [5.41, 5.74) is 5.51. The van der Waals surface area contributed by atoms with Crippen LogP contribution in [0, 0.1) is 0 Å². The average molecular weight is 281 g/mol. The fourth-order valence-corrected chi connectivity index (χ4v) is 1.46. The first-order chi connectivity index (χ1) is 9.36. The molecule has 0 saturated carbocycles. The fraction of sp³-hybridized carbons (Fsp3) is 0.0769. The second-order valence-electron chi connectivity index (χ2n) is 4.01. The molecule has 0 aliphatic carbocycles. The summed E-state index contributed by atoms with van der Waals surface area (Å²) in [5, 5.41) is 2.51. The Morgan fingerprint density at radius 3 is 2.25 bits per heavy atom. The van der Waals surface area contributed by atoms with Gasteiger partial charge >= 0.3 is 6.18 Å². The molecule has 3 N–H and O–H groups in total. The third-order valence-electron chi connectivity index (χ3n) is 2.49. The molecule has 0 atom stereocenters. The Labute approximate surface area is 112 Å². The predicted octanol–water partition coefficient (Wildman–Crippen LogP) is 2.93. The van der Waals surface area contributed by atoms with E-state index in [0.29, 0.717) is 17.6 Å². The van der Waals surface area contributed by atoms with E-state index in [0.717, 1.165) is 12.1 Å². The van der Waals surface area contributed by atoms with E-state index in [2.05, 4.69) is 10.3 Å². The van der Waals surface area contributed by atoms with Crippen molar-refractivity contribution >= 4 is 17.3 Å². The van der Waals surface area contributed by atoms with E-state index in [4.69, 9.17) is 5.73 Å². The van der Waals surface area contributed by atoms with Crippen molar-refractivity contribution in [2.45, 2.75) is 6.18 Å². The highest BCUT2D eigenvalue weighted by Gasteiger charge is 2.30. The van der Waals surface area contributed by atoms with E-state index in [9.17, 15) is 18.0 Å². The summed E-state index contributed by atoms with van der Waals surface area (Å²) >= 11 is 0. The van der Waals surface area contributed by atoms with Crippen LogP contribution in [0.1, 0.15) is 16.1 Å². The van der Waals surface area contributed by atoms with E-state index in [-0.39, 0.29) is 5.69 Å². The van der Waals surface area contributed by atoms with Gasteiger partial charge in [0.2, 0.25) is 0 Å². The molecule has 104 valence electrons. The van der Waals surface area contributed by atoms with Crippen LogP contribution < -0.4 is 11.1 Å². The summed E-state index contributed by atoms with van der Waals surface area (Å²) in [6, 6.07) is 8.18. The average Bonchev–Trinajstić information content (AvgIpc) is 2.40. The molecule has 0 saturated heterocycles. The fourth-order valence-electron chi connectivity index (χ4n) is 1.46. The molecule has 4 nitrogen and oxygen atoms in total. The predicted molar refractivity (Wildman–Crippen MR) is 68.0 cm³/mol. The van der Waals surface area contributed by atoms with Gasteiger partial charge in [-0.25, -0.2) is 0 Å². The van der Waals surface area contributed by atoms with Gasteiger partial charge in [0.25, 0.3) is 5.91 Å². The lowest BCUT2D eigenvalue weighted by molar-refractivity contribution is -0.137. The van der Waals surface area contributed by atoms with E-state index in [1.807, 2.05) is 0 Å². The highest BCUT2D eigenvalue weighted by atomic mass is 19.4. The topological polar surface area (TPSA) is 68.0 Å². The maximum Gasteiger partial charge on any atom is 0.417 e. The number of anilines is 2. The zero-order valence-electron chi connectivity index (χ0n) is 10.1. The van der Waals surface area contributed by atoms with E-state index >= 15 is 0 Å². The van der Waals surface area contributed by atoms with Crippen LogP contribution in [0.4, 0.5) is 24.5 Å². The number of halogens is 3. The van der Waals surface area contributed by atoms with Crippen molar-refractivity contribution in [1.29, 1.82) is 0 Å². The minimum Gasteiger partial charge on any atom is -0.399 e. The van der Waals surface area contributed by atoms with Crippen molar-refractivity contribution in [3.05, 3.63) is 53.9 Å². The Morgan fingerprint density at radius 2 is 1.75 bits per heavy atom. The molecule has 0 aliphatic heterocycles. The molecule has 2 aromatic rings. The first-order valence-electron chi connectivity index (χ1n) is 5.56. The summed E-state index contributed by atoms with van der Waals surface area (Å²) in [4.78, 5) is 15.3. The number of amides is 1. The highest BCUT2D eigenvalue weighted by molar-refractivity contribution is 6.02. The van der Waals surface area contributed by atoms with E-state index < -0.39 is 17.6 Å². The molecule has 1 amide bonds. The van der Waals surface area contributed by atoms with Gasteiger partial charge in [-0.05, 0) is 36.4 Å². The summed E-state index contributed by atoms with van der Waals surface area (Å²) in [7, 11) is 0. The second-order valence-corrected chi connectivity index (χ2v) is 4.01. The van der Waals surface area contributed by atoms with Gasteiger partial charge in [-0.3, -0.25) is 9.78 Å². The number of nitrogens with zero attached hydrogens (tertiary/aromatic N) is 1. The Balaban J connectivity index is 2.11. The molecule has 0 aliphatic rings. The van der Waals surface area contributed by atoms with Crippen LogP contribution in [0.5, 0.6) is 0 Å². The van der Waals surface area contributed by atoms with Crippen molar-refractivity contribution in [3.63, 3.8) is 0 Å². The minimum absolute atomic E-state index is 0.102. The Kier molecular flexibility index (Phi) is 3.60. The van der Waals surface area contributed by atoms with Crippen LogP contribution in [-0.2, 0) is 6.18 Å². The van der Waals surface area contributed by atoms with Gasteiger partial charge < -0.3 is 11.1 Å². The molecule has 1 aromatic heterocycles. The number of hydrogen-bond donors (Lipinski definition) is 2. The van der Waals surface area contributed by atoms with Crippen LogP contribution >= 0.6 is 0 Å². The van der Waals surface area contributed by atoms with Crippen LogP contribution in [0.15, 0.2) is 42.6 Å². The molecule has 1 heterocycles. The number of pyridine rings is 1. The lowest BCUT2D eigenvalue weighted by Gasteiger charge is -2.07. The SMILES string of the molecule is Nc1ccc(NC(=O)c2ccc(C(F)(F)F)cn2)cc1. The number of alkyl halides is 3. The van der Waals surface area contributed by atoms with Crippen molar-refractivity contribution in [1.82, 2.24) is 4.98 Å². The maximum atomic E-state index is 12.4. The van der Waals surface area contributed by atoms with Crippen LogP contribution in [0.25, 0.3) is 0 Å². The number of nitrogens with one attached hydrogen (secondary N) is 1. The molecule has 20 heavy (non-hydrogen) atoms. The molecule has 0 spiro atoms. The van der Waals surface area contributed by atoms with Gasteiger partial charge in [0.1, 0.15) is 5.69 Å². The lowest BCUT2D eigenvalue weighted by atomic mass is 10.2. The number of carbonyl (C=O) groups is 1. The zero-order valence-corrected chi connectivity index (χ0v) is 10.1. The van der Waals surface area contributed by atoms with Crippen LogP contribution in [0.3, 0.4) is 0 Å². The van der Waals surface area contributed by atoms with Crippen molar-refractivity contribution < 1.29 is 18.0 Å². The number of rotatable bonds is 2. The number of nitrogens with two attached hydrogens (primary N) is 1. The van der Waals surface area contributed by atoms with Crippen LogP contribution in [-0.4, -0.2) is 10.9 Å². The third kappa shape index (κ3) is 3.25. The van der Waals surface area contributed by atoms with Crippen LogP contribution in [0.2, 0.25) is 0 Å². The summed E-state index contributed by atoms with van der Waals surface area (Å²) in [5.74, 6) is -0.594. The zero-order chi connectivity index (χ0) is 14.8. The molecular formula is C13H10F3N3O. The first kappa shape index (κ1) is 13.9. The summed E-state index contributed by atoms with van der Waals surface area (Å²) in [6.07, 6.45) is -3.85. The lowest BCUT2D eigenvalue weighted by Crippen LogP contribution is -2.14. The number of nitrogen functional groups attached to an aromatic ring is 1. The van der Waals surface area contributed by atoms with Crippen molar-refractivity contribution in [2.24, 2.45) is 0 Å². The number of aromatic nitrogens is 1. The second kappa shape index (κ2) is 5.20. The smallest absolute Gasteiger partial charge is 0.399 e. The van der Waals surface area contributed by atoms with Gasteiger partial charge in [0.05, 0.1) is 5.56 Å². The summed E-state index contributed by atoms with van der Waals surface area (Å²) < 4.78 is 37.1. The molecule has 0 bridgehead atoms. The molecule has 7 heteroatoms. The normalized spacial score (nSPS) is 11.2. The quantitative estimate of drug-likeness (QED) is 0.832. The number of carbonyl (C=O) groups excluding carboxylic acids is 1. The van der Waals surface area contributed by atoms with Gasteiger partial charge in [0, 0.05) is 17.6 Å². The first-order valence-corrected chi connectivity index (χ1v) is 5.56.